The van der Waals surface area contributed by atoms with Gasteiger partial charge in [0.15, 0.2) is 0 Å². The first kappa shape index (κ1) is 15.2. The van der Waals surface area contributed by atoms with E-state index in [2.05, 4.69) is 5.32 Å². The Morgan fingerprint density at radius 1 is 1.35 bits per heavy atom. The van der Waals surface area contributed by atoms with E-state index in [0.717, 1.165) is 18.4 Å². The van der Waals surface area contributed by atoms with Crippen LogP contribution in [0.15, 0.2) is 18.2 Å². The molecular weight excluding hydrogens is 274 g/mol. The summed E-state index contributed by atoms with van der Waals surface area (Å²) in [6.45, 7) is 0. The predicted molar refractivity (Wildman–Crippen MR) is 81.3 cm³/mol. The largest absolute Gasteiger partial charge is 0.495 e. The molecule has 0 aromatic heterocycles. The number of hydrogen-bond donors (Lipinski definition) is 1. The highest BCUT2D eigenvalue weighted by molar-refractivity contribution is 6.32. The van der Waals surface area contributed by atoms with Gasteiger partial charge in [0.2, 0.25) is 5.91 Å². The summed E-state index contributed by atoms with van der Waals surface area (Å²) in [4.78, 5) is 12.0. The van der Waals surface area contributed by atoms with E-state index >= 15 is 0 Å². The van der Waals surface area contributed by atoms with Gasteiger partial charge in [0.05, 0.1) is 12.1 Å². The minimum absolute atomic E-state index is 0.121. The molecule has 0 bridgehead atoms. The van der Waals surface area contributed by atoms with Gasteiger partial charge < -0.3 is 10.1 Å². The van der Waals surface area contributed by atoms with Crippen molar-refractivity contribution in [1.29, 1.82) is 0 Å². The summed E-state index contributed by atoms with van der Waals surface area (Å²) in [6, 6.07) is 6.04. The number of methoxy groups -OCH3 is 1. The fraction of sp³-hybridized carbons (Fsp3) is 0.562. The van der Waals surface area contributed by atoms with E-state index in [4.69, 9.17) is 16.3 Å². The number of carbonyl (C=O) groups excluding carboxylic acids is 1. The number of amides is 1. The molecule has 0 spiro atoms. The molecule has 1 fully saturated rings. The maximum Gasteiger partial charge on any atom is 0.220 e. The van der Waals surface area contributed by atoms with Gasteiger partial charge in [0.25, 0.3) is 0 Å². The second-order valence-corrected chi connectivity index (χ2v) is 5.71. The smallest absolute Gasteiger partial charge is 0.220 e. The summed E-state index contributed by atoms with van der Waals surface area (Å²) in [6.07, 6.45) is 7.11. The van der Waals surface area contributed by atoms with Crippen LogP contribution in [0.4, 0.5) is 0 Å². The third kappa shape index (κ3) is 4.14. The molecule has 1 aromatic carbocycles. The van der Waals surface area contributed by atoms with Crippen LogP contribution in [0.25, 0.3) is 0 Å². The number of halogens is 1. The van der Waals surface area contributed by atoms with Gasteiger partial charge in [-0.3, -0.25) is 4.79 Å². The molecule has 0 saturated heterocycles. The van der Waals surface area contributed by atoms with Crippen LogP contribution < -0.4 is 10.1 Å². The van der Waals surface area contributed by atoms with Crippen molar-refractivity contribution >= 4 is 17.5 Å². The molecule has 0 heterocycles. The number of nitrogens with one attached hydrogen (secondary N) is 1. The number of hydrogen-bond acceptors (Lipinski definition) is 2. The SMILES string of the molecule is COc1cccc(CCC(=O)NC2CCCCC2)c1Cl. The lowest BCUT2D eigenvalue weighted by Crippen LogP contribution is -2.36. The van der Waals surface area contributed by atoms with Gasteiger partial charge in [-0.25, -0.2) is 0 Å². The van der Waals surface area contributed by atoms with Crippen LogP contribution in [-0.4, -0.2) is 19.1 Å². The number of benzene rings is 1. The van der Waals surface area contributed by atoms with Gasteiger partial charge >= 0.3 is 0 Å². The highest BCUT2D eigenvalue weighted by Gasteiger charge is 2.16. The minimum Gasteiger partial charge on any atom is -0.495 e. The van der Waals surface area contributed by atoms with Gasteiger partial charge in [-0.15, -0.1) is 0 Å². The van der Waals surface area contributed by atoms with Crippen molar-refractivity contribution in [2.24, 2.45) is 0 Å². The van der Waals surface area contributed by atoms with E-state index in [-0.39, 0.29) is 5.91 Å². The molecule has 0 radical (unpaired) electrons. The number of ether oxygens (including phenoxy) is 1. The third-order valence-corrected chi connectivity index (χ3v) is 4.28. The molecule has 3 nitrogen and oxygen atoms in total. The molecule has 20 heavy (non-hydrogen) atoms. The maximum atomic E-state index is 12.0. The van der Waals surface area contributed by atoms with Crippen LogP contribution in [0, 0.1) is 0 Å². The van der Waals surface area contributed by atoms with Crippen molar-refractivity contribution in [2.45, 2.75) is 51.0 Å². The summed E-state index contributed by atoms with van der Waals surface area (Å²) >= 11 is 6.23. The van der Waals surface area contributed by atoms with E-state index < -0.39 is 0 Å². The number of aryl methyl sites for hydroxylation is 1. The zero-order chi connectivity index (χ0) is 14.4. The standard InChI is InChI=1S/C16H22ClNO2/c1-20-14-9-5-6-12(16(14)17)10-11-15(19)18-13-7-3-2-4-8-13/h5-6,9,13H,2-4,7-8,10-11H2,1H3,(H,18,19). The Hall–Kier alpha value is -1.22. The first-order valence-corrected chi connectivity index (χ1v) is 7.69. The van der Waals surface area contributed by atoms with Crippen molar-refractivity contribution in [3.63, 3.8) is 0 Å². The van der Waals surface area contributed by atoms with Crippen molar-refractivity contribution in [2.75, 3.05) is 7.11 Å². The average Bonchev–Trinajstić information content (AvgIpc) is 2.47. The molecule has 4 heteroatoms. The van der Waals surface area contributed by atoms with Crippen LogP contribution in [-0.2, 0) is 11.2 Å². The molecule has 1 aliphatic rings. The second-order valence-electron chi connectivity index (χ2n) is 5.34. The Balaban J connectivity index is 1.83. The fourth-order valence-corrected chi connectivity index (χ4v) is 3.00. The van der Waals surface area contributed by atoms with Crippen molar-refractivity contribution in [3.8, 4) is 5.75 Å². The Kier molecular flexibility index (Phi) is 5.72. The second kappa shape index (κ2) is 7.53. The molecule has 0 atom stereocenters. The van der Waals surface area contributed by atoms with E-state index in [1.165, 1.54) is 19.3 Å². The fourth-order valence-electron chi connectivity index (χ4n) is 2.70. The zero-order valence-electron chi connectivity index (χ0n) is 12.0. The van der Waals surface area contributed by atoms with E-state index in [1.807, 2.05) is 18.2 Å². The molecule has 1 saturated carbocycles. The lowest BCUT2D eigenvalue weighted by molar-refractivity contribution is -0.121. The van der Waals surface area contributed by atoms with Crippen LogP contribution in [0.1, 0.15) is 44.1 Å². The summed E-state index contributed by atoms with van der Waals surface area (Å²) in [5, 5.41) is 3.74. The van der Waals surface area contributed by atoms with Crippen molar-refractivity contribution in [3.05, 3.63) is 28.8 Å². The first-order valence-electron chi connectivity index (χ1n) is 7.31. The van der Waals surface area contributed by atoms with Gasteiger partial charge in [-0.05, 0) is 30.9 Å². The highest BCUT2D eigenvalue weighted by Crippen LogP contribution is 2.28. The molecule has 2 rings (SSSR count). The van der Waals surface area contributed by atoms with Gasteiger partial charge in [-0.1, -0.05) is 43.0 Å². The van der Waals surface area contributed by atoms with E-state index in [1.54, 1.807) is 7.11 Å². The van der Waals surface area contributed by atoms with Crippen molar-refractivity contribution in [1.82, 2.24) is 5.32 Å². The normalized spacial score (nSPS) is 15.9. The predicted octanol–water partition coefficient (Wildman–Crippen LogP) is 3.73. The van der Waals surface area contributed by atoms with Gasteiger partial charge in [-0.2, -0.15) is 0 Å². The summed E-state index contributed by atoms with van der Waals surface area (Å²) in [7, 11) is 1.60. The van der Waals surface area contributed by atoms with Crippen LogP contribution in [0.5, 0.6) is 5.75 Å². The molecule has 1 aliphatic carbocycles. The van der Waals surface area contributed by atoms with Crippen LogP contribution in [0.3, 0.4) is 0 Å². The quantitative estimate of drug-likeness (QED) is 0.899. The molecule has 1 aromatic rings. The van der Waals surface area contributed by atoms with Gasteiger partial charge in [0, 0.05) is 12.5 Å². The Morgan fingerprint density at radius 2 is 2.10 bits per heavy atom. The number of carbonyl (C=O) groups is 1. The Bertz CT molecular complexity index is 456. The Labute approximate surface area is 125 Å². The lowest BCUT2D eigenvalue weighted by Gasteiger charge is -2.22. The third-order valence-electron chi connectivity index (χ3n) is 3.85. The summed E-state index contributed by atoms with van der Waals surface area (Å²) in [5.74, 6) is 0.785. The monoisotopic (exact) mass is 295 g/mol. The lowest BCUT2D eigenvalue weighted by atomic mass is 9.95. The molecule has 110 valence electrons. The summed E-state index contributed by atoms with van der Waals surface area (Å²) < 4.78 is 5.18. The van der Waals surface area contributed by atoms with E-state index in [0.29, 0.717) is 29.7 Å². The number of rotatable bonds is 5. The highest BCUT2D eigenvalue weighted by atomic mass is 35.5. The molecule has 0 aliphatic heterocycles. The molecule has 0 unspecified atom stereocenters. The Morgan fingerprint density at radius 3 is 2.80 bits per heavy atom. The minimum atomic E-state index is 0.121. The topological polar surface area (TPSA) is 38.3 Å². The molecule has 1 N–H and O–H groups in total. The summed E-state index contributed by atoms with van der Waals surface area (Å²) in [5.41, 5.74) is 0.963. The zero-order valence-corrected chi connectivity index (χ0v) is 12.7. The van der Waals surface area contributed by atoms with E-state index in [9.17, 15) is 4.79 Å². The van der Waals surface area contributed by atoms with Gasteiger partial charge in [0.1, 0.15) is 5.75 Å². The average molecular weight is 296 g/mol. The van der Waals surface area contributed by atoms with Crippen molar-refractivity contribution < 1.29 is 9.53 Å². The first-order chi connectivity index (χ1) is 9.70. The molecule has 1 amide bonds. The molecular formula is C16H22ClNO2. The van der Waals surface area contributed by atoms with Crippen LogP contribution in [0.2, 0.25) is 5.02 Å². The maximum absolute atomic E-state index is 12.0. The van der Waals surface area contributed by atoms with Crippen LogP contribution >= 0.6 is 11.6 Å².